The molecule has 1 aromatic carbocycles. The molecule has 3 heteroatoms. The van der Waals surface area contributed by atoms with Crippen LogP contribution in [0.4, 0.5) is 0 Å². The Labute approximate surface area is 115 Å². The molecule has 0 bridgehead atoms. The van der Waals surface area contributed by atoms with E-state index in [4.69, 9.17) is 0 Å². The first kappa shape index (κ1) is 13.8. The number of H-pyrrole nitrogens is 1. The zero-order valence-corrected chi connectivity index (χ0v) is 12.0. The van der Waals surface area contributed by atoms with E-state index in [9.17, 15) is 0 Å². The average Bonchev–Trinajstić information content (AvgIpc) is 2.91. The lowest BCUT2D eigenvalue weighted by Gasteiger charge is -2.19. The van der Waals surface area contributed by atoms with Crippen LogP contribution in [0.25, 0.3) is 0 Å². The van der Waals surface area contributed by atoms with Gasteiger partial charge in [0.15, 0.2) is 0 Å². The van der Waals surface area contributed by atoms with Crippen LogP contribution in [0.1, 0.15) is 41.9 Å². The number of hydrogen-bond acceptors (Lipinski definition) is 2. The van der Waals surface area contributed by atoms with Gasteiger partial charge in [0.25, 0.3) is 0 Å². The molecular formula is C16H23N3. The van der Waals surface area contributed by atoms with Crippen LogP contribution < -0.4 is 5.32 Å². The summed E-state index contributed by atoms with van der Waals surface area (Å²) >= 11 is 0. The number of hydrogen-bond donors (Lipinski definition) is 2. The van der Waals surface area contributed by atoms with Crippen LogP contribution in [0.15, 0.2) is 30.6 Å². The summed E-state index contributed by atoms with van der Waals surface area (Å²) in [6.07, 6.45) is 5.73. The Hall–Kier alpha value is -1.61. The van der Waals surface area contributed by atoms with Gasteiger partial charge < -0.3 is 10.3 Å². The van der Waals surface area contributed by atoms with Crippen molar-refractivity contribution in [3.8, 4) is 0 Å². The van der Waals surface area contributed by atoms with Crippen molar-refractivity contribution in [1.29, 1.82) is 0 Å². The molecule has 0 aliphatic carbocycles. The van der Waals surface area contributed by atoms with Gasteiger partial charge in [0, 0.05) is 24.9 Å². The molecule has 0 saturated heterocycles. The highest BCUT2D eigenvalue weighted by atomic mass is 14.9. The number of nitrogens with one attached hydrogen (secondary N) is 2. The molecule has 1 heterocycles. The van der Waals surface area contributed by atoms with Crippen molar-refractivity contribution in [3.63, 3.8) is 0 Å². The summed E-state index contributed by atoms with van der Waals surface area (Å²) in [5, 5.41) is 3.61. The minimum Gasteiger partial charge on any atom is -0.349 e. The smallest absolute Gasteiger partial charge is 0.107 e. The van der Waals surface area contributed by atoms with Gasteiger partial charge in [-0.25, -0.2) is 4.98 Å². The molecule has 0 spiro atoms. The van der Waals surface area contributed by atoms with Gasteiger partial charge in [-0.1, -0.05) is 25.1 Å². The van der Waals surface area contributed by atoms with Gasteiger partial charge in [0.1, 0.15) is 5.82 Å². The van der Waals surface area contributed by atoms with Gasteiger partial charge in [-0.3, -0.25) is 0 Å². The first-order valence-corrected chi connectivity index (χ1v) is 6.99. The van der Waals surface area contributed by atoms with Crippen LogP contribution in [0, 0.1) is 13.8 Å². The van der Waals surface area contributed by atoms with E-state index < -0.39 is 0 Å². The van der Waals surface area contributed by atoms with Crippen LogP contribution in [0.5, 0.6) is 0 Å². The van der Waals surface area contributed by atoms with Gasteiger partial charge in [0.05, 0.1) is 0 Å². The summed E-state index contributed by atoms with van der Waals surface area (Å²) in [5.41, 5.74) is 4.03. The Kier molecular flexibility index (Phi) is 4.74. The molecule has 1 aromatic heterocycles. The zero-order valence-electron chi connectivity index (χ0n) is 12.0. The number of nitrogens with zero attached hydrogens (tertiary/aromatic N) is 1. The topological polar surface area (TPSA) is 40.7 Å². The lowest BCUT2D eigenvalue weighted by Crippen LogP contribution is -2.24. The number of rotatable bonds is 6. The predicted octanol–water partition coefficient (Wildman–Crippen LogP) is 3.31. The molecular weight excluding hydrogens is 234 g/mol. The fourth-order valence-electron chi connectivity index (χ4n) is 2.21. The van der Waals surface area contributed by atoms with Gasteiger partial charge >= 0.3 is 0 Å². The Bertz CT molecular complexity index is 503. The lowest BCUT2D eigenvalue weighted by atomic mass is 9.98. The molecule has 1 atom stereocenters. The van der Waals surface area contributed by atoms with Crippen molar-refractivity contribution < 1.29 is 0 Å². The van der Waals surface area contributed by atoms with E-state index in [-0.39, 0.29) is 0 Å². The molecule has 1 unspecified atom stereocenters. The maximum Gasteiger partial charge on any atom is 0.107 e. The SMILES string of the molecule is CCCNC(Cc1ncc[nH]1)c1ccc(C)c(C)c1. The Balaban J connectivity index is 2.18. The van der Waals surface area contributed by atoms with E-state index in [2.05, 4.69) is 54.3 Å². The normalized spacial score (nSPS) is 12.6. The van der Waals surface area contributed by atoms with Crippen LogP contribution in [0.3, 0.4) is 0 Å². The molecule has 19 heavy (non-hydrogen) atoms. The van der Waals surface area contributed by atoms with E-state index in [1.54, 1.807) is 0 Å². The van der Waals surface area contributed by atoms with E-state index >= 15 is 0 Å². The Morgan fingerprint density at radius 2 is 2.11 bits per heavy atom. The quantitative estimate of drug-likeness (QED) is 0.833. The second-order valence-electron chi connectivity index (χ2n) is 5.09. The molecule has 0 saturated carbocycles. The van der Waals surface area contributed by atoms with Crippen LogP contribution >= 0.6 is 0 Å². The molecule has 2 rings (SSSR count). The Morgan fingerprint density at radius 1 is 1.26 bits per heavy atom. The van der Waals surface area contributed by atoms with Crippen LogP contribution in [-0.4, -0.2) is 16.5 Å². The summed E-state index contributed by atoms with van der Waals surface area (Å²) in [6.45, 7) is 7.54. The number of aromatic nitrogens is 2. The van der Waals surface area contributed by atoms with Crippen molar-refractivity contribution in [3.05, 3.63) is 53.1 Å². The molecule has 0 aliphatic rings. The van der Waals surface area contributed by atoms with Crippen molar-refractivity contribution in [2.24, 2.45) is 0 Å². The summed E-state index contributed by atoms with van der Waals surface area (Å²) in [4.78, 5) is 7.52. The van der Waals surface area contributed by atoms with E-state index in [0.717, 1.165) is 25.2 Å². The van der Waals surface area contributed by atoms with Crippen molar-refractivity contribution in [2.75, 3.05) is 6.54 Å². The average molecular weight is 257 g/mol. The van der Waals surface area contributed by atoms with E-state index in [1.165, 1.54) is 16.7 Å². The maximum atomic E-state index is 4.33. The monoisotopic (exact) mass is 257 g/mol. The minimum absolute atomic E-state index is 0.324. The summed E-state index contributed by atoms with van der Waals surface area (Å²) < 4.78 is 0. The fourth-order valence-corrected chi connectivity index (χ4v) is 2.21. The summed E-state index contributed by atoms with van der Waals surface area (Å²) in [7, 11) is 0. The predicted molar refractivity (Wildman–Crippen MR) is 79.2 cm³/mol. The number of aryl methyl sites for hydroxylation is 2. The highest BCUT2D eigenvalue weighted by Crippen LogP contribution is 2.20. The van der Waals surface area contributed by atoms with Crippen LogP contribution in [0.2, 0.25) is 0 Å². The molecule has 0 radical (unpaired) electrons. The highest BCUT2D eigenvalue weighted by molar-refractivity contribution is 5.32. The third-order valence-corrected chi connectivity index (χ3v) is 3.53. The molecule has 0 fully saturated rings. The standard InChI is InChI=1S/C16H23N3/c1-4-7-17-15(11-16-18-8-9-19-16)14-6-5-12(2)13(3)10-14/h5-6,8-10,15,17H,4,7,11H2,1-3H3,(H,18,19). The molecule has 3 nitrogen and oxygen atoms in total. The molecule has 102 valence electrons. The third kappa shape index (κ3) is 3.67. The van der Waals surface area contributed by atoms with Gasteiger partial charge in [0.2, 0.25) is 0 Å². The first-order chi connectivity index (χ1) is 9.20. The second-order valence-corrected chi connectivity index (χ2v) is 5.09. The van der Waals surface area contributed by atoms with Crippen molar-refractivity contribution in [2.45, 2.75) is 39.7 Å². The third-order valence-electron chi connectivity index (χ3n) is 3.53. The lowest BCUT2D eigenvalue weighted by molar-refractivity contribution is 0.520. The number of benzene rings is 1. The summed E-state index contributed by atoms with van der Waals surface area (Å²) in [5.74, 6) is 1.03. The van der Waals surface area contributed by atoms with E-state index in [1.807, 2.05) is 12.4 Å². The number of aromatic amines is 1. The van der Waals surface area contributed by atoms with E-state index in [0.29, 0.717) is 6.04 Å². The van der Waals surface area contributed by atoms with Crippen molar-refractivity contribution in [1.82, 2.24) is 15.3 Å². The maximum absolute atomic E-state index is 4.33. The second kappa shape index (κ2) is 6.53. The first-order valence-electron chi connectivity index (χ1n) is 6.99. The Morgan fingerprint density at radius 3 is 2.74 bits per heavy atom. The fraction of sp³-hybridized carbons (Fsp3) is 0.438. The van der Waals surface area contributed by atoms with Gasteiger partial charge in [-0.2, -0.15) is 0 Å². The molecule has 2 aromatic rings. The molecule has 2 N–H and O–H groups in total. The van der Waals surface area contributed by atoms with Crippen molar-refractivity contribution >= 4 is 0 Å². The molecule has 0 aliphatic heterocycles. The molecule has 0 amide bonds. The highest BCUT2D eigenvalue weighted by Gasteiger charge is 2.13. The van der Waals surface area contributed by atoms with Gasteiger partial charge in [-0.05, 0) is 43.5 Å². The minimum atomic E-state index is 0.324. The van der Waals surface area contributed by atoms with Gasteiger partial charge in [-0.15, -0.1) is 0 Å². The summed E-state index contributed by atoms with van der Waals surface area (Å²) in [6, 6.07) is 7.03. The zero-order chi connectivity index (χ0) is 13.7. The number of imidazole rings is 1. The van der Waals surface area contributed by atoms with Crippen LogP contribution in [-0.2, 0) is 6.42 Å². The largest absolute Gasteiger partial charge is 0.349 e.